The topological polar surface area (TPSA) is 99.6 Å². The SMILES string of the molecule is CCN(CC(=O)Nc1ccc(NC(C)=O)cc1)CC(=O)N(C)Cc1cnn(-c2ccccc2)c1. The Kier molecular flexibility index (Phi) is 8.53. The van der Waals surface area contributed by atoms with E-state index in [2.05, 4.69) is 15.7 Å². The summed E-state index contributed by atoms with van der Waals surface area (Å²) in [6.45, 7) is 4.55. The Labute approximate surface area is 199 Å². The van der Waals surface area contributed by atoms with Crippen LogP contribution in [0.5, 0.6) is 0 Å². The number of benzene rings is 2. The molecular weight excluding hydrogens is 432 g/mol. The van der Waals surface area contributed by atoms with Gasteiger partial charge in [-0.2, -0.15) is 5.10 Å². The Morgan fingerprint density at radius 3 is 2.21 bits per heavy atom. The molecule has 0 fully saturated rings. The lowest BCUT2D eigenvalue weighted by molar-refractivity contribution is -0.132. The third kappa shape index (κ3) is 7.28. The van der Waals surface area contributed by atoms with Gasteiger partial charge in [0.05, 0.1) is 25.0 Å². The summed E-state index contributed by atoms with van der Waals surface area (Å²) in [7, 11) is 1.74. The number of aromatic nitrogens is 2. The van der Waals surface area contributed by atoms with Crippen LogP contribution in [0, 0.1) is 0 Å². The largest absolute Gasteiger partial charge is 0.340 e. The molecule has 1 aromatic heterocycles. The van der Waals surface area contributed by atoms with E-state index < -0.39 is 0 Å². The number of likely N-dealkylation sites (N-methyl/N-ethyl adjacent to an activating group) is 2. The molecule has 3 aromatic rings. The van der Waals surface area contributed by atoms with Crippen LogP contribution >= 0.6 is 0 Å². The molecule has 0 aliphatic carbocycles. The number of para-hydroxylation sites is 1. The summed E-state index contributed by atoms with van der Waals surface area (Å²) in [4.78, 5) is 39.7. The van der Waals surface area contributed by atoms with Gasteiger partial charge in [-0.15, -0.1) is 0 Å². The number of anilines is 2. The highest BCUT2D eigenvalue weighted by atomic mass is 16.2. The highest BCUT2D eigenvalue weighted by Gasteiger charge is 2.17. The molecule has 0 unspecified atom stereocenters. The van der Waals surface area contributed by atoms with E-state index in [-0.39, 0.29) is 30.8 Å². The summed E-state index contributed by atoms with van der Waals surface area (Å²) in [6.07, 6.45) is 3.65. The van der Waals surface area contributed by atoms with Crippen molar-refractivity contribution < 1.29 is 14.4 Å². The summed E-state index contributed by atoms with van der Waals surface area (Å²) < 4.78 is 1.78. The van der Waals surface area contributed by atoms with Gasteiger partial charge in [-0.1, -0.05) is 25.1 Å². The molecule has 2 aromatic carbocycles. The average molecular weight is 463 g/mol. The van der Waals surface area contributed by atoms with Crippen molar-refractivity contribution >= 4 is 29.1 Å². The zero-order chi connectivity index (χ0) is 24.5. The molecule has 3 rings (SSSR count). The van der Waals surface area contributed by atoms with Gasteiger partial charge in [0, 0.05) is 43.7 Å². The van der Waals surface area contributed by atoms with Gasteiger partial charge in [-0.25, -0.2) is 4.68 Å². The predicted octanol–water partition coefficient (Wildman–Crippen LogP) is 2.75. The number of amides is 3. The first-order valence-corrected chi connectivity index (χ1v) is 11.1. The molecule has 2 N–H and O–H groups in total. The minimum Gasteiger partial charge on any atom is -0.340 e. The van der Waals surface area contributed by atoms with Crippen molar-refractivity contribution in [2.24, 2.45) is 0 Å². The van der Waals surface area contributed by atoms with E-state index in [4.69, 9.17) is 0 Å². The minimum absolute atomic E-state index is 0.0817. The smallest absolute Gasteiger partial charge is 0.238 e. The number of nitrogens with one attached hydrogen (secondary N) is 2. The van der Waals surface area contributed by atoms with Crippen LogP contribution in [0.3, 0.4) is 0 Å². The van der Waals surface area contributed by atoms with Gasteiger partial charge >= 0.3 is 0 Å². The molecule has 0 saturated heterocycles. The van der Waals surface area contributed by atoms with Crippen LogP contribution in [0.25, 0.3) is 5.69 Å². The van der Waals surface area contributed by atoms with Crippen molar-refractivity contribution in [3.8, 4) is 5.69 Å². The second kappa shape index (κ2) is 11.8. The Morgan fingerprint density at radius 1 is 0.941 bits per heavy atom. The van der Waals surface area contributed by atoms with Crippen LogP contribution in [0.1, 0.15) is 19.4 Å². The molecule has 0 radical (unpaired) electrons. The van der Waals surface area contributed by atoms with Crippen LogP contribution in [0.15, 0.2) is 67.0 Å². The molecular formula is C25H30N6O3. The molecule has 0 saturated carbocycles. The summed E-state index contributed by atoms with van der Waals surface area (Å²) in [5.74, 6) is -0.453. The third-order valence-corrected chi connectivity index (χ3v) is 5.16. The maximum atomic E-state index is 12.7. The Morgan fingerprint density at radius 2 is 1.59 bits per heavy atom. The Hall–Kier alpha value is -3.98. The Bertz CT molecular complexity index is 1110. The van der Waals surface area contributed by atoms with E-state index in [1.54, 1.807) is 52.0 Å². The molecule has 0 aliphatic rings. The second-order valence-electron chi connectivity index (χ2n) is 7.99. The molecule has 0 bridgehead atoms. The average Bonchev–Trinajstić information content (AvgIpc) is 3.28. The molecule has 34 heavy (non-hydrogen) atoms. The van der Waals surface area contributed by atoms with E-state index in [1.807, 2.05) is 43.5 Å². The fraction of sp³-hybridized carbons (Fsp3) is 0.280. The molecule has 178 valence electrons. The maximum Gasteiger partial charge on any atom is 0.238 e. The maximum absolute atomic E-state index is 12.7. The van der Waals surface area contributed by atoms with E-state index in [1.165, 1.54) is 6.92 Å². The van der Waals surface area contributed by atoms with Gasteiger partial charge in [0.25, 0.3) is 0 Å². The van der Waals surface area contributed by atoms with E-state index >= 15 is 0 Å². The van der Waals surface area contributed by atoms with Crippen LogP contribution in [-0.2, 0) is 20.9 Å². The molecule has 0 aliphatic heterocycles. The first-order valence-electron chi connectivity index (χ1n) is 11.1. The molecule has 0 atom stereocenters. The fourth-order valence-corrected chi connectivity index (χ4v) is 3.36. The summed E-state index contributed by atoms with van der Waals surface area (Å²) >= 11 is 0. The van der Waals surface area contributed by atoms with Crippen LogP contribution in [-0.4, -0.2) is 64.0 Å². The standard InChI is InChI=1S/C25H30N6O3/c1-4-30(17-24(33)28-22-12-10-21(11-13-22)27-19(2)32)18-25(34)29(3)15-20-14-26-31(16-20)23-8-6-5-7-9-23/h5-14,16H,4,15,17-18H2,1-3H3,(H,27,32)(H,28,33). The van der Waals surface area contributed by atoms with Crippen molar-refractivity contribution in [2.75, 3.05) is 37.3 Å². The fourth-order valence-electron chi connectivity index (χ4n) is 3.36. The predicted molar refractivity (Wildman–Crippen MR) is 132 cm³/mol. The quantitative estimate of drug-likeness (QED) is 0.483. The van der Waals surface area contributed by atoms with Gasteiger partial charge in [-0.3, -0.25) is 19.3 Å². The van der Waals surface area contributed by atoms with Gasteiger partial charge in [-0.05, 0) is 42.9 Å². The minimum atomic E-state index is -0.214. The number of nitrogens with zero attached hydrogens (tertiary/aromatic N) is 4. The number of rotatable bonds is 10. The lowest BCUT2D eigenvalue weighted by atomic mass is 10.2. The lowest BCUT2D eigenvalue weighted by Crippen LogP contribution is -2.41. The Balaban J connectivity index is 1.49. The second-order valence-corrected chi connectivity index (χ2v) is 7.99. The van der Waals surface area contributed by atoms with Crippen LogP contribution < -0.4 is 10.6 Å². The van der Waals surface area contributed by atoms with Gasteiger partial charge in [0.2, 0.25) is 17.7 Å². The molecule has 9 heteroatoms. The summed E-state index contributed by atoms with van der Waals surface area (Å²) in [6, 6.07) is 16.6. The number of carbonyl (C=O) groups is 3. The third-order valence-electron chi connectivity index (χ3n) is 5.16. The zero-order valence-electron chi connectivity index (χ0n) is 19.7. The van der Waals surface area contributed by atoms with Crippen molar-refractivity contribution in [2.45, 2.75) is 20.4 Å². The van der Waals surface area contributed by atoms with Crippen molar-refractivity contribution in [3.63, 3.8) is 0 Å². The molecule has 1 heterocycles. The summed E-state index contributed by atoms with van der Waals surface area (Å²) in [5, 5.41) is 9.87. The lowest BCUT2D eigenvalue weighted by Gasteiger charge is -2.23. The van der Waals surface area contributed by atoms with E-state index in [0.29, 0.717) is 24.5 Å². The first kappa shape index (κ1) is 24.7. The van der Waals surface area contributed by atoms with E-state index in [0.717, 1.165) is 11.3 Å². The van der Waals surface area contributed by atoms with Gasteiger partial charge in [0.15, 0.2) is 0 Å². The number of hydrogen-bond acceptors (Lipinski definition) is 5. The normalized spacial score (nSPS) is 10.7. The van der Waals surface area contributed by atoms with Crippen molar-refractivity contribution in [1.29, 1.82) is 0 Å². The van der Waals surface area contributed by atoms with Crippen molar-refractivity contribution in [3.05, 3.63) is 72.6 Å². The van der Waals surface area contributed by atoms with Crippen molar-refractivity contribution in [1.82, 2.24) is 19.6 Å². The van der Waals surface area contributed by atoms with Crippen LogP contribution in [0.4, 0.5) is 11.4 Å². The monoisotopic (exact) mass is 462 g/mol. The highest BCUT2D eigenvalue weighted by Crippen LogP contribution is 2.14. The summed E-state index contributed by atoms with van der Waals surface area (Å²) in [5.41, 5.74) is 3.15. The van der Waals surface area contributed by atoms with Gasteiger partial charge < -0.3 is 15.5 Å². The van der Waals surface area contributed by atoms with E-state index in [9.17, 15) is 14.4 Å². The molecule has 3 amide bonds. The highest BCUT2D eigenvalue weighted by molar-refractivity contribution is 5.93. The first-order chi connectivity index (χ1) is 16.3. The molecule has 9 nitrogen and oxygen atoms in total. The zero-order valence-corrected chi connectivity index (χ0v) is 19.7. The number of hydrogen-bond donors (Lipinski definition) is 2. The van der Waals surface area contributed by atoms with Crippen LogP contribution in [0.2, 0.25) is 0 Å². The van der Waals surface area contributed by atoms with Gasteiger partial charge in [0.1, 0.15) is 0 Å². The molecule has 0 spiro atoms. The number of carbonyl (C=O) groups excluding carboxylic acids is 3.